The number of fused-ring (bicyclic) bond motifs is 1. The standard InChI is InChI=1S/C17H25NO2S/c1-13(21(2)19)8-11-18-15-12-17(9-5-10-17)20-16-7-4-3-6-14(15)16/h3-4,6-7,13,15,18H,5,8-12H2,1-2H3. The summed E-state index contributed by atoms with van der Waals surface area (Å²) in [6, 6.07) is 8.76. The van der Waals surface area contributed by atoms with Gasteiger partial charge in [0, 0.05) is 40.3 Å². The first-order valence-electron chi connectivity index (χ1n) is 7.93. The van der Waals surface area contributed by atoms with Crippen LogP contribution in [0.1, 0.15) is 50.6 Å². The SMILES string of the molecule is CC(CCNC1CC2(CCC2)Oc2ccccc21)S(C)=O. The van der Waals surface area contributed by atoms with Crippen molar-refractivity contribution in [2.24, 2.45) is 0 Å². The Labute approximate surface area is 129 Å². The maximum Gasteiger partial charge on any atom is 0.124 e. The van der Waals surface area contributed by atoms with Gasteiger partial charge in [-0.1, -0.05) is 25.1 Å². The van der Waals surface area contributed by atoms with Crippen LogP contribution in [0, 0.1) is 0 Å². The zero-order valence-electron chi connectivity index (χ0n) is 12.9. The molecule has 4 heteroatoms. The van der Waals surface area contributed by atoms with Gasteiger partial charge >= 0.3 is 0 Å². The molecule has 1 aromatic carbocycles. The van der Waals surface area contributed by atoms with E-state index in [9.17, 15) is 4.21 Å². The van der Waals surface area contributed by atoms with Crippen molar-refractivity contribution in [3.63, 3.8) is 0 Å². The van der Waals surface area contributed by atoms with Crippen LogP contribution in [-0.4, -0.2) is 27.9 Å². The summed E-state index contributed by atoms with van der Waals surface area (Å²) in [5.41, 5.74) is 1.35. The molecule has 1 heterocycles. The first-order chi connectivity index (χ1) is 10.1. The molecular weight excluding hydrogens is 282 g/mol. The highest BCUT2D eigenvalue weighted by Gasteiger charge is 2.45. The molecule has 0 bridgehead atoms. The van der Waals surface area contributed by atoms with E-state index in [4.69, 9.17) is 4.74 Å². The third-order valence-electron chi connectivity index (χ3n) is 4.97. The van der Waals surface area contributed by atoms with Gasteiger partial charge in [-0.25, -0.2) is 0 Å². The average molecular weight is 307 g/mol. The van der Waals surface area contributed by atoms with E-state index < -0.39 is 10.8 Å². The van der Waals surface area contributed by atoms with Crippen LogP contribution in [-0.2, 0) is 10.8 Å². The fraction of sp³-hybridized carbons (Fsp3) is 0.647. The number of ether oxygens (including phenoxy) is 1. The first-order valence-corrected chi connectivity index (χ1v) is 9.55. The van der Waals surface area contributed by atoms with Crippen LogP contribution in [0.5, 0.6) is 5.75 Å². The molecule has 2 aliphatic rings. The molecule has 0 aromatic heterocycles. The quantitative estimate of drug-likeness (QED) is 0.908. The number of nitrogens with one attached hydrogen (secondary N) is 1. The summed E-state index contributed by atoms with van der Waals surface area (Å²) in [7, 11) is -0.732. The lowest BCUT2D eigenvalue weighted by Gasteiger charge is -2.48. The predicted octanol–water partition coefficient (Wildman–Crippen LogP) is 3.18. The van der Waals surface area contributed by atoms with E-state index in [2.05, 4.69) is 36.5 Å². The fourth-order valence-electron chi connectivity index (χ4n) is 3.30. The minimum atomic E-state index is -0.732. The van der Waals surface area contributed by atoms with Gasteiger partial charge in [-0.2, -0.15) is 0 Å². The van der Waals surface area contributed by atoms with Crippen molar-refractivity contribution in [2.75, 3.05) is 12.8 Å². The van der Waals surface area contributed by atoms with E-state index in [0.717, 1.165) is 25.1 Å². The van der Waals surface area contributed by atoms with Crippen molar-refractivity contribution in [2.45, 2.75) is 55.9 Å². The molecule has 3 atom stereocenters. The van der Waals surface area contributed by atoms with Gasteiger partial charge in [0.1, 0.15) is 11.4 Å². The molecule has 21 heavy (non-hydrogen) atoms. The average Bonchev–Trinajstić information content (AvgIpc) is 2.45. The molecule has 1 saturated carbocycles. The van der Waals surface area contributed by atoms with Gasteiger partial charge in [-0.05, 0) is 38.3 Å². The van der Waals surface area contributed by atoms with Crippen molar-refractivity contribution in [1.29, 1.82) is 0 Å². The van der Waals surface area contributed by atoms with Crippen molar-refractivity contribution in [3.05, 3.63) is 29.8 Å². The molecule has 3 nitrogen and oxygen atoms in total. The molecule has 3 unspecified atom stereocenters. The molecule has 0 amide bonds. The Balaban J connectivity index is 1.67. The zero-order valence-corrected chi connectivity index (χ0v) is 13.7. The second-order valence-corrected chi connectivity index (χ2v) is 8.29. The van der Waals surface area contributed by atoms with Crippen LogP contribution in [0.4, 0.5) is 0 Å². The van der Waals surface area contributed by atoms with Crippen molar-refractivity contribution >= 4 is 10.8 Å². The highest BCUT2D eigenvalue weighted by molar-refractivity contribution is 7.84. The molecule has 1 N–H and O–H groups in total. The highest BCUT2D eigenvalue weighted by atomic mass is 32.2. The molecule has 0 saturated heterocycles. The zero-order chi connectivity index (χ0) is 14.9. The molecule has 116 valence electrons. The Kier molecular flexibility index (Phi) is 4.36. The van der Waals surface area contributed by atoms with E-state index in [1.807, 2.05) is 0 Å². The molecule has 1 aliphatic carbocycles. The Morgan fingerprint density at radius 1 is 1.43 bits per heavy atom. The van der Waals surface area contributed by atoms with Crippen molar-refractivity contribution in [3.8, 4) is 5.75 Å². The van der Waals surface area contributed by atoms with Gasteiger partial charge in [-0.15, -0.1) is 0 Å². The third-order valence-corrected chi connectivity index (χ3v) is 6.34. The van der Waals surface area contributed by atoms with E-state index in [1.165, 1.54) is 24.8 Å². The maximum absolute atomic E-state index is 11.4. The number of para-hydroxylation sites is 1. The van der Waals surface area contributed by atoms with Crippen LogP contribution in [0.3, 0.4) is 0 Å². The number of benzene rings is 1. The van der Waals surface area contributed by atoms with Crippen molar-refractivity contribution in [1.82, 2.24) is 5.32 Å². The van der Waals surface area contributed by atoms with Crippen LogP contribution >= 0.6 is 0 Å². The summed E-state index contributed by atoms with van der Waals surface area (Å²) in [4.78, 5) is 0. The van der Waals surface area contributed by atoms with E-state index in [-0.39, 0.29) is 10.9 Å². The lowest BCUT2D eigenvalue weighted by atomic mass is 9.73. The summed E-state index contributed by atoms with van der Waals surface area (Å²) < 4.78 is 17.7. The minimum absolute atomic E-state index is 0.0746. The minimum Gasteiger partial charge on any atom is -0.487 e. The number of hydrogen-bond donors (Lipinski definition) is 1. The Hall–Kier alpha value is -0.870. The van der Waals surface area contributed by atoms with Gasteiger partial charge in [0.05, 0.1) is 0 Å². The van der Waals surface area contributed by atoms with Crippen LogP contribution in [0.25, 0.3) is 0 Å². The molecule has 1 spiro atoms. The van der Waals surface area contributed by atoms with E-state index >= 15 is 0 Å². The lowest BCUT2D eigenvalue weighted by Crippen LogP contribution is -2.49. The van der Waals surface area contributed by atoms with Crippen LogP contribution < -0.4 is 10.1 Å². The first kappa shape index (κ1) is 15.0. The van der Waals surface area contributed by atoms with Gasteiger partial charge in [-0.3, -0.25) is 4.21 Å². The summed E-state index contributed by atoms with van der Waals surface area (Å²) in [6.07, 6.45) is 7.44. The molecule has 1 aliphatic heterocycles. The highest BCUT2D eigenvalue weighted by Crippen LogP contribution is 2.48. The summed E-state index contributed by atoms with van der Waals surface area (Å²) in [5, 5.41) is 3.93. The smallest absolute Gasteiger partial charge is 0.124 e. The normalized spacial score (nSPS) is 25.5. The molecular formula is C17H25NO2S. The molecule has 1 aromatic rings. The van der Waals surface area contributed by atoms with Crippen molar-refractivity contribution < 1.29 is 8.95 Å². The summed E-state index contributed by atoms with van der Waals surface area (Å²) in [5.74, 6) is 1.05. The maximum atomic E-state index is 11.4. The monoisotopic (exact) mass is 307 g/mol. The fourth-order valence-corrected chi connectivity index (χ4v) is 3.75. The Morgan fingerprint density at radius 2 is 2.19 bits per heavy atom. The molecule has 3 rings (SSSR count). The van der Waals surface area contributed by atoms with Gasteiger partial charge in [0.25, 0.3) is 0 Å². The lowest BCUT2D eigenvalue weighted by molar-refractivity contribution is -0.0368. The Bertz CT molecular complexity index is 527. The van der Waals surface area contributed by atoms with Gasteiger partial charge in [0.2, 0.25) is 0 Å². The Morgan fingerprint density at radius 3 is 2.86 bits per heavy atom. The van der Waals surface area contributed by atoms with E-state index in [1.54, 1.807) is 6.26 Å². The summed E-state index contributed by atoms with van der Waals surface area (Å²) >= 11 is 0. The number of rotatable bonds is 5. The topological polar surface area (TPSA) is 38.3 Å². The van der Waals surface area contributed by atoms with Crippen LogP contribution in [0.15, 0.2) is 24.3 Å². The van der Waals surface area contributed by atoms with Crippen LogP contribution in [0.2, 0.25) is 0 Å². The predicted molar refractivity (Wildman–Crippen MR) is 87.2 cm³/mol. The van der Waals surface area contributed by atoms with Gasteiger partial charge < -0.3 is 10.1 Å². The second kappa shape index (κ2) is 6.09. The molecule has 0 radical (unpaired) electrons. The second-order valence-electron chi connectivity index (χ2n) is 6.49. The summed E-state index contributed by atoms with van der Waals surface area (Å²) in [6.45, 7) is 2.97. The molecule has 1 fully saturated rings. The number of hydrogen-bond acceptors (Lipinski definition) is 3. The third kappa shape index (κ3) is 3.16. The van der Waals surface area contributed by atoms with E-state index in [0.29, 0.717) is 6.04 Å². The van der Waals surface area contributed by atoms with Gasteiger partial charge in [0.15, 0.2) is 0 Å². The largest absolute Gasteiger partial charge is 0.487 e.